The van der Waals surface area contributed by atoms with Crippen LogP contribution in [0, 0.1) is 11.6 Å². The zero-order chi connectivity index (χ0) is 21.1. The molecule has 2 aromatic heterocycles. The largest absolute Gasteiger partial charge is 0.342 e. The van der Waals surface area contributed by atoms with Crippen molar-refractivity contribution in [3.05, 3.63) is 60.2 Å². The first-order valence-corrected chi connectivity index (χ1v) is 9.62. The van der Waals surface area contributed by atoms with Gasteiger partial charge in [0.15, 0.2) is 0 Å². The van der Waals surface area contributed by atoms with Crippen molar-refractivity contribution in [1.29, 1.82) is 0 Å². The Kier molecular flexibility index (Phi) is 5.60. The lowest BCUT2D eigenvalue weighted by Crippen LogP contribution is -2.38. The molecule has 30 heavy (non-hydrogen) atoms. The van der Waals surface area contributed by atoms with Gasteiger partial charge >= 0.3 is 0 Å². The fourth-order valence-electron chi connectivity index (χ4n) is 3.55. The number of halogens is 2. The minimum atomic E-state index is -0.685. The molecule has 1 atom stereocenters. The van der Waals surface area contributed by atoms with Crippen LogP contribution in [0.25, 0.3) is 11.3 Å². The molecule has 1 saturated heterocycles. The van der Waals surface area contributed by atoms with E-state index in [0.29, 0.717) is 30.4 Å². The van der Waals surface area contributed by atoms with E-state index in [1.54, 1.807) is 36.4 Å². The molecule has 7 nitrogen and oxygen atoms in total. The standard InChI is InChI=1S/C21H20F2N6O/c1-13(30)29-6-2-3-15(12-29)21-27-19(14-4-5-24-25-11-14)10-20(28-21)26-18-8-16(22)7-17(23)9-18/h4-5,7-11,15H,2-3,6,12H2,1H3,(H,26,27,28). The lowest BCUT2D eigenvalue weighted by Gasteiger charge is -2.31. The molecular formula is C21H20F2N6O. The third-order valence-corrected chi connectivity index (χ3v) is 4.99. The maximum absolute atomic E-state index is 13.6. The van der Waals surface area contributed by atoms with E-state index in [9.17, 15) is 13.6 Å². The highest BCUT2D eigenvalue weighted by Crippen LogP contribution is 2.29. The summed E-state index contributed by atoms with van der Waals surface area (Å²) in [6, 6.07) is 6.65. The van der Waals surface area contributed by atoms with Crippen molar-refractivity contribution in [2.75, 3.05) is 18.4 Å². The van der Waals surface area contributed by atoms with Crippen LogP contribution in [0.2, 0.25) is 0 Å². The van der Waals surface area contributed by atoms with Gasteiger partial charge in [0.05, 0.1) is 18.1 Å². The maximum Gasteiger partial charge on any atom is 0.219 e. The Hall–Kier alpha value is -3.49. The van der Waals surface area contributed by atoms with Crippen molar-refractivity contribution in [2.24, 2.45) is 0 Å². The quantitative estimate of drug-likeness (QED) is 0.706. The second-order valence-corrected chi connectivity index (χ2v) is 7.22. The van der Waals surface area contributed by atoms with Crippen LogP contribution in [0.15, 0.2) is 42.7 Å². The number of nitrogens with one attached hydrogen (secondary N) is 1. The molecule has 9 heteroatoms. The minimum Gasteiger partial charge on any atom is -0.342 e. The minimum absolute atomic E-state index is 0.0165. The van der Waals surface area contributed by atoms with Crippen molar-refractivity contribution in [2.45, 2.75) is 25.7 Å². The summed E-state index contributed by atoms with van der Waals surface area (Å²) in [6.45, 7) is 2.79. The summed E-state index contributed by atoms with van der Waals surface area (Å²) in [6.07, 6.45) is 4.84. The average molecular weight is 410 g/mol. The molecule has 0 spiro atoms. The van der Waals surface area contributed by atoms with Gasteiger partial charge in [0.1, 0.15) is 23.3 Å². The van der Waals surface area contributed by atoms with E-state index < -0.39 is 11.6 Å². The number of piperidine rings is 1. The van der Waals surface area contributed by atoms with Crippen molar-refractivity contribution in [3.63, 3.8) is 0 Å². The van der Waals surface area contributed by atoms with Crippen LogP contribution < -0.4 is 5.32 Å². The Labute approximate surface area is 172 Å². The monoisotopic (exact) mass is 410 g/mol. The molecule has 1 unspecified atom stereocenters. The van der Waals surface area contributed by atoms with Crippen molar-refractivity contribution >= 4 is 17.4 Å². The Balaban J connectivity index is 1.72. The maximum atomic E-state index is 13.6. The van der Waals surface area contributed by atoms with E-state index in [-0.39, 0.29) is 17.5 Å². The predicted molar refractivity (Wildman–Crippen MR) is 107 cm³/mol. The molecule has 1 N–H and O–H groups in total. The van der Waals surface area contributed by atoms with E-state index in [1.807, 2.05) is 0 Å². The van der Waals surface area contributed by atoms with E-state index in [2.05, 4.69) is 20.5 Å². The topological polar surface area (TPSA) is 83.9 Å². The molecular weight excluding hydrogens is 390 g/mol. The number of carbonyl (C=O) groups excluding carboxylic acids is 1. The van der Waals surface area contributed by atoms with Gasteiger partial charge in [-0.2, -0.15) is 10.2 Å². The highest BCUT2D eigenvalue weighted by Gasteiger charge is 2.26. The third-order valence-electron chi connectivity index (χ3n) is 4.99. The summed E-state index contributed by atoms with van der Waals surface area (Å²) >= 11 is 0. The van der Waals surface area contributed by atoms with Crippen molar-refractivity contribution in [3.8, 4) is 11.3 Å². The van der Waals surface area contributed by atoms with Gasteiger partial charge in [0.2, 0.25) is 5.91 Å². The van der Waals surface area contributed by atoms with Crippen molar-refractivity contribution in [1.82, 2.24) is 25.1 Å². The second-order valence-electron chi connectivity index (χ2n) is 7.22. The highest BCUT2D eigenvalue weighted by molar-refractivity contribution is 5.73. The molecule has 154 valence electrons. The lowest BCUT2D eigenvalue weighted by atomic mass is 9.97. The van der Waals surface area contributed by atoms with Gasteiger partial charge in [-0.25, -0.2) is 18.7 Å². The zero-order valence-corrected chi connectivity index (χ0v) is 16.3. The first kappa shape index (κ1) is 19.8. The summed E-state index contributed by atoms with van der Waals surface area (Å²) < 4.78 is 27.2. The number of likely N-dealkylation sites (tertiary alicyclic amines) is 1. The van der Waals surface area contributed by atoms with E-state index in [1.165, 1.54) is 12.1 Å². The molecule has 0 aliphatic carbocycles. The Morgan fingerprint density at radius 3 is 2.63 bits per heavy atom. The van der Waals surface area contributed by atoms with Gasteiger partial charge in [-0.3, -0.25) is 4.79 Å². The number of aromatic nitrogens is 4. The smallest absolute Gasteiger partial charge is 0.219 e. The molecule has 1 aliphatic rings. The zero-order valence-electron chi connectivity index (χ0n) is 16.3. The van der Waals surface area contributed by atoms with E-state index >= 15 is 0 Å². The molecule has 3 aromatic rings. The number of nitrogens with zero attached hydrogens (tertiary/aromatic N) is 5. The summed E-state index contributed by atoms with van der Waals surface area (Å²) in [7, 11) is 0. The van der Waals surface area contributed by atoms with Crippen LogP contribution in [-0.2, 0) is 4.79 Å². The number of hydrogen-bond donors (Lipinski definition) is 1. The summed E-state index contributed by atoms with van der Waals surface area (Å²) in [4.78, 5) is 22.9. The molecule has 3 heterocycles. The fourth-order valence-corrected chi connectivity index (χ4v) is 3.55. The van der Waals surface area contributed by atoms with Gasteiger partial charge in [0, 0.05) is 49.3 Å². The highest BCUT2D eigenvalue weighted by atomic mass is 19.1. The van der Waals surface area contributed by atoms with Crippen LogP contribution >= 0.6 is 0 Å². The first-order valence-electron chi connectivity index (χ1n) is 9.62. The summed E-state index contributed by atoms with van der Waals surface area (Å²) in [5, 5.41) is 10.6. The van der Waals surface area contributed by atoms with Crippen LogP contribution in [0.1, 0.15) is 31.5 Å². The van der Waals surface area contributed by atoms with Gasteiger partial charge in [-0.1, -0.05) is 0 Å². The second kappa shape index (κ2) is 8.48. The molecule has 1 fully saturated rings. The molecule has 1 aromatic carbocycles. The van der Waals surface area contributed by atoms with Crippen LogP contribution in [-0.4, -0.2) is 44.1 Å². The predicted octanol–water partition coefficient (Wildman–Crippen LogP) is 3.68. The normalized spacial score (nSPS) is 16.4. The number of amides is 1. The number of rotatable bonds is 4. The number of anilines is 2. The Morgan fingerprint density at radius 2 is 1.93 bits per heavy atom. The third kappa shape index (κ3) is 4.56. The Bertz CT molecular complexity index is 1040. The number of carbonyl (C=O) groups is 1. The van der Waals surface area contributed by atoms with E-state index in [4.69, 9.17) is 4.98 Å². The van der Waals surface area contributed by atoms with Crippen molar-refractivity contribution < 1.29 is 13.6 Å². The van der Waals surface area contributed by atoms with Crippen LogP contribution in [0.4, 0.5) is 20.3 Å². The summed E-state index contributed by atoms with van der Waals surface area (Å²) in [5.74, 6) is -0.430. The van der Waals surface area contributed by atoms with E-state index in [0.717, 1.165) is 24.5 Å². The number of hydrogen-bond acceptors (Lipinski definition) is 6. The molecule has 0 bridgehead atoms. The number of benzene rings is 1. The summed E-state index contributed by atoms with van der Waals surface area (Å²) in [5.41, 5.74) is 1.58. The van der Waals surface area contributed by atoms with Gasteiger partial charge in [-0.05, 0) is 31.0 Å². The fraction of sp³-hybridized carbons (Fsp3) is 0.286. The van der Waals surface area contributed by atoms with Gasteiger partial charge in [-0.15, -0.1) is 0 Å². The average Bonchev–Trinajstić information content (AvgIpc) is 2.73. The molecule has 1 aliphatic heterocycles. The Morgan fingerprint density at radius 1 is 1.13 bits per heavy atom. The van der Waals surface area contributed by atoms with Gasteiger partial charge < -0.3 is 10.2 Å². The van der Waals surface area contributed by atoms with Crippen LogP contribution in [0.3, 0.4) is 0 Å². The lowest BCUT2D eigenvalue weighted by molar-refractivity contribution is -0.130. The van der Waals surface area contributed by atoms with Crippen LogP contribution in [0.5, 0.6) is 0 Å². The SMILES string of the molecule is CC(=O)N1CCCC(c2nc(Nc3cc(F)cc(F)c3)cc(-c3ccnnc3)n2)C1. The van der Waals surface area contributed by atoms with Gasteiger partial charge in [0.25, 0.3) is 0 Å². The molecule has 1 amide bonds. The molecule has 0 radical (unpaired) electrons. The molecule has 0 saturated carbocycles. The molecule has 4 rings (SSSR count). The first-order chi connectivity index (χ1) is 14.5.